The van der Waals surface area contributed by atoms with Crippen molar-refractivity contribution in [2.45, 2.75) is 25.8 Å². The van der Waals surface area contributed by atoms with E-state index in [1.807, 2.05) is 38.2 Å². The fourth-order valence-corrected chi connectivity index (χ4v) is 2.33. The number of likely N-dealkylation sites (tertiary alicyclic amines) is 1. The molecule has 2 rings (SSSR count). The standard InChI is InChI=1S/C14H18N2O2/c1-10-5-3-4-6-11(10)12(15-2)9-16-13(17)7-8-14(16)18/h3-6,12,15H,7-9H2,1-2H3. The first-order chi connectivity index (χ1) is 8.63. The lowest BCUT2D eigenvalue weighted by molar-refractivity contribution is -0.138. The number of benzene rings is 1. The average Bonchev–Trinajstić information content (AvgIpc) is 2.68. The van der Waals surface area contributed by atoms with Crippen molar-refractivity contribution in [3.63, 3.8) is 0 Å². The predicted octanol–water partition coefficient (Wildman–Crippen LogP) is 1.40. The summed E-state index contributed by atoms with van der Waals surface area (Å²) in [5, 5.41) is 3.18. The zero-order valence-corrected chi connectivity index (χ0v) is 10.8. The summed E-state index contributed by atoms with van der Waals surface area (Å²) in [5.41, 5.74) is 2.29. The van der Waals surface area contributed by atoms with Crippen LogP contribution >= 0.6 is 0 Å². The van der Waals surface area contributed by atoms with Crippen LogP contribution in [0.3, 0.4) is 0 Å². The number of amides is 2. The van der Waals surface area contributed by atoms with E-state index in [2.05, 4.69) is 5.32 Å². The maximum atomic E-state index is 11.6. The largest absolute Gasteiger partial charge is 0.312 e. The van der Waals surface area contributed by atoms with E-state index >= 15 is 0 Å². The molecular weight excluding hydrogens is 228 g/mol. The van der Waals surface area contributed by atoms with E-state index in [0.717, 1.165) is 11.1 Å². The molecule has 1 aromatic carbocycles. The van der Waals surface area contributed by atoms with Crippen molar-refractivity contribution < 1.29 is 9.59 Å². The van der Waals surface area contributed by atoms with Gasteiger partial charge < -0.3 is 5.32 Å². The maximum Gasteiger partial charge on any atom is 0.229 e. The molecule has 96 valence electrons. The van der Waals surface area contributed by atoms with Crippen LogP contribution in [0.5, 0.6) is 0 Å². The molecule has 0 aromatic heterocycles. The van der Waals surface area contributed by atoms with E-state index < -0.39 is 0 Å². The molecule has 4 heteroatoms. The van der Waals surface area contributed by atoms with Gasteiger partial charge in [0.2, 0.25) is 11.8 Å². The second-order valence-corrected chi connectivity index (χ2v) is 4.60. The Bertz CT molecular complexity index is 455. The third-order valence-electron chi connectivity index (χ3n) is 3.43. The normalized spacial score (nSPS) is 17.3. The minimum absolute atomic E-state index is 0.00259. The monoisotopic (exact) mass is 246 g/mol. The Hall–Kier alpha value is -1.68. The Kier molecular flexibility index (Phi) is 3.77. The molecule has 1 atom stereocenters. The van der Waals surface area contributed by atoms with Crippen LogP contribution in [0, 0.1) is 6.92 Å². The minimum Gasteiger partial charge on any atom is -0.312 e. The molecule has 0 saturated carbocycles. The average molecular weight is 246 g/mol. The zero-order valence-electron chi connectivity index (χ0n) is 10.8. The van der Waals surface area contributed by atoms with Crippen LogP contribution < -0.4 is 5.32 Å². The van der Waals surface area contributed by atoms with E-state index in [-0.39, 0.29) is 17.9 Å². The van der Waals surface area contributed by atoms with Gasteiger partial charge in [0.05, 0.1) is 6.04 Å². The molecule has 1 N–H and O–H groups in total. The molecule has 0 spiro atoms. The highest BCUT2D eigenvalue weighted by Gasteiger charge is 2.31. The van der Waals surface area contributed by atoms with E-state index in [4.69, 9.17) is 0 Å². The number of carbonyl (C=O) groups is 2. The first kappa shape index (κ1) is 12.8. The van der Waals surface area contributed by atoms with Crippen molar-refractivity contribution in [3.8, 4) is 0 Å². The van der Waals surface area contributed by atoms with Crippen LogP contribution in [0.15, 0.2) is 24.3 Å². The van der Waals surface area contributed by atoms with Crippen molar-refractivity contribution in [2.75, 3.05) is 13.6 Å². The number of nitrogens with one attached hydrogen (secondary N) is 1. The third-order valence-corrected chi connectivity index (χ3v) is 3.43. The molecule has 0 aliphatic carbocycles. The first-order valence-electron chi connectivity index (χ1n) is 6.19. The van der Waals surface area contributed by atoms with Gasteiger partial charge in [0.1, 0.15) is 0 Å². The number of nitrogens with zero attached hydrogens (tertiary/aromatic N) is 1. The summed E-state index contributed by atoms with van der Waals surface area (Å²) in [6.45, 7) is 2.45. The maximum absolute atomic E-state index is 11.6. The Morgan fingerprint density at radius 3 is 2.39 bits per heavy atom. The number of likely N-dealkylation sites (N-methyl/N-ethyl adjacent to an activating group) is 1. The number of rotatable bonds is 4. The van der Waals surface area contributed by atoms with Crippen LogP contribution in [0.4, 0.5) is 0 Å². The molecule has 2 amide bonds. The van der Waals surface area contributed by atoms with Gasteiger partial charge in [0, 0.05) is 19.4 Å². The first-order valence-corrected chi connectivity index (χ1v) is 6.19. The van der Waals surface area contributed by atoms with Gasteiger partial charge in [-0.05, 0) is 25.1 Å². The second-order valence-electron chi connectivity index (χ2n) is 4.60. The summed E-state index contributed by atoms with van der Waals surface area (Å²) in [4.78, 5) is 24.6. The number of hydrogen-bond acceptors (Lipinski definition) is 3. The molecule has 1 unspecified atom stereocenters. The minimum atomic E-state index is -0.0613. The van der Waals surface area contributed by atoms with E-state index in [1.165, 1.54) is 4.90 Å². The van der Waals surface area contributed by atoms with Crippen LogP contribution in [-0.4, -0.2) is 30.3 Å². The Balaban J connectivity index is 2.18. The number of hydrogen-bond donors (Lipinski definition) is 1. The predicted molar refractivity (Wildman–Crippen MR) is 68.9 cm³/mol. The molecule has 1 saturated heterocycles. The summed E-state index contributed by atoms with van der Waals surface area (Å²) in [6, 6.07) is 8.02. The summed E-state index contributed by atoms with van der Waals surface area (Å²) in [6.07, 6.45) is 0.700. The SMILES string of the molecule is CNC(CN1C(=O)CCC1=O)c1ccccc1C. The summed E-state index contributed by atoms with van der Waals surface area (Å²) in [7, 11) is 1.85. The van der Waals surface area contributed by atoms with Crippen molar-refractivity contribution in [1.82, 2.24) is 10.2 Å². The van der Waals surface area contributed by atoms with E-state index in [9.17, 15) is 9.59 Å². The third kappa shape index (κ3) is 2.43. The topological polar surface area (TPSA) is 49.4 Å². The van der Waals surface area contributed by atoms with Gasteiger partial charge in [-0.2, -0.15) is 0 Å². The van der Waals surface area contributed by atoms with Crippen LogP contribution in [-0.2, 0) is 9.59 Å². The highest BCUT2D eigenvalue weighted by atomic mass is 16.2. The Morgan fingerprint density at radius 2 is 1.83 bits per heavy atom. The summed E-state index contributed by atoms with van der Waals surface area (Å²) >= 11 is 0. The second kappa shape index (κ2) is 5.31. The lowest BCUT2D eigenvalue weighted by atomic mass is 10.0. The number of carbonyl (C=O) groups excluding carboxylic acids is 2. The van der Waals surface area contributed by atoms with Gasteiger partial charge in [-0.15, -0.1) is 0 Å². The molecule has 1 aliphatic rings. The van der Waals surface area contributed by atoms with Crippen molar-refractivity contribution in [1.29, 1.82) is 0 Å². The molecule has 0 bridgehead atoms. The highest BCUT2D eigenvalue weighted by Crippen LogP contribution is 2.21. The van der Waals surface area contributed by atoms with Gasteiger partial charge in [-0.3, -0.25) is 14.5 Å². The smallest absolute Gasteiger partial charge is 0.229 e. The lowest BCUT2D eigenvalue weighted by Crippen LogP contribution is -2.37. The van der Waals surface area contributed by atoms with Gasteiger partial charge in [-0.25, -0.2) is 0 Å². The zero-order chi connectivity index (χ0) is 13.1. The molecule has 1 fully saturated rings. The lowest BCUT2D eigenvalue weighted by Gasteiger charge is -2.23. The van der Waals surface area contributed by atoms with Crippen LogP contribution in [0.1, 0.15) is 30.0 Å². The van der Waals surface area contributed by atoms with Gasteiger partial charge in [-0.1, -0.05) is 24.3 Å². The molecular formula is C14H18N2O2. The van der Waals surface area contributed by atoms with Gasteiger partial charge in [0.25, 0.3) is 0 Å². The highest BCUT2D eigenvalue weighted by molar-refractivity contribution is 6.01. The molecule has 1 heterocycles. The molecule has 1 aliphatic heterocycles. The fraction of sp³-hybridized carbons (Fsp3) is 0.429. The van der Waals surface area contributed by atoms with E-state index in [0.29, 0.717) is 19.4 Å². The van der Waals surface area contributed by atoms with Crippen molar-refractivity contribution in [3.05, 3.63) is 35.4 Å². The molecule has 18 heavy (non-hydrogen) atoms. The molecule has 1 aromatic rings. The van der Waals surface area contributed by atoms with Crippen molar-refractivity contribution in [2.24, 2.45) is 0 Å². The fourth-order valence-electron chi connectivity index (χ4n) is 2.33. The Labute approximate surface area is 107 Å². The van der Waals surface area contributed by atoms with Crippen LogP contribution in [0.2, 0.25) is 0 Å². The Morgan fingerprint density at radius 1 is 1.22 bits per heavy atom. The van der Waals surface area contributed by atoms with Crippen LogP contribution in [0.25, 0.3) is 0 Å². The van der Waals surface area contributed by atoms with Crippen molar-refractivity contribution >= 4 is 11.8 Å². The molecule has 4 nitrogen and oxygen atoms in total. The van der Waals surface area contributed by atoms with Gasteiger partial charge >= 0.3 is 0 Å². The number of imide groups is 1. The summed E-state index contributed by atoms with van der Waals surface area (Å²) in [5.74, 6) is -0.123. The van der Waals surface area contributed by atoms with Gasteiger partial charge in [0.15, 0.2) is 0 Å². The quantitative estimate of drug-likeness (QED) is 0.817. The summed E-state index contributed by atoms with van der Waals surface area (Å²) < 4.78 is 0. The van der Waals surface area contributed by atoms with E-state index in [1.54, 1.807) is 0 Å². The molecule has 0 radical (unpaired) electrons. The number of aryl methyl sites for hydroxylation is 1.